The number of phosphoric ester groups is 1. The first kappa shape index (κ1) is 24.1. The second-order valence-corrected chi connectivity index (χ2v) is 9.64. The minimum absolute atomic E-state index is 0.0235. The molecule has 0 bridgehead atoms. The molecule has 5 rings (SSSR count). The first-order valence-electron chi connectivity index (χ1n) is 10.3. The van der Waals surface area contributed by atoms with Crippen molar-refractivity contribution in [3.05, 3.63) is 47.9 Å². The van der Waals surface area contributed by atoms with Gasteiger partial charge in [-0.2, -0.15) is 0 Å². The van der Waals surface area contributed by atoms with Gasteiger partial charge in [0.25, 0.3) is 11.8 Å². The Hall–Kier alpha value is -3.57. The number of terminal acetylenes is 1. The molecule has 188 valence electrons. The van der Waals surface area contributed by atoms with E-state index >= 15 is 4.39 Å². The van der Waals surface area contributed by atoms with Gasteiger partial charge in [0.05, 0.1) is 17.6 Å². The average molecular weight is 519 g/mol. The molecular formula is C21H19FN5O8P. The summed E-state index contributed by atoms with van der Waals surface area (Å²) in [5, 5.41) is 21.4. The molecular weight excluding hydrogens is 500 g/mol. The maximum atomic E-state index is 15.9. The molecule has 1 fully saturated rings. The second-order valence-electron chi connectivity index (χ2n) is 8.05. The minimum Gasteiger partial charge on any atom is -0.404 e. The van der Waals surface area contributed by atoms with Gasteiger partial charge in [-0.05, 0) is 12.0 Å². The second kappa shape index (κ2) is 8.24. The smallest absolute Gasteiger partial charge is 0.404 e. The predicted molar refractivity (Wildman–Crippen MR) is 120 cm³/mol. The molecule has 13 nitrogen and oxygen atoms in total. The summed E-state index contributed by atoms with van der Waals surface area (Å²) in [5.74, 6) is -1.99. The van der Waals surface area contributed by atoms with Crippen molar-refractivity contribution in [2.24, 2.45) is 5.73 Å². The third kappa shape index (κ3) is 3.53. The molecule has 3 aromatic rings. The number of nitrogens with two attached hydrogens (primary N) is 2. The van der Waals surface area contributed by atoms with Crippen LogP contribution in [0.2, 0.25) is 0 Å². The van der Waals surface area contributed by atoms with Crippen molar-refractivity contribution in [2.75, 3.05) is 12.3 Å². The van der Waals surface area contributed by atoms with Gasteiger partial charge in [0.15, 0.2) is 0 Å². The molecule has 4 heterocycles. The fourth-order valence-corrected chi connectivity index (χ4v) is 5.31. The number of anilines is 1. The molecule has 1 unspecified atom stereocenters. The Morgan fingerprint density at radius 2 is 2.11 bits per heavy atom. The number of hydrogen-bond donors (Lipinski definition) is 4. The number of carbonyl (C=O) groups is 1. The molecule has 2 aliphatic heterocycles. The van der Waals surface area contributed by atoms with Gasteiger partial charge < -0.3 is 30.9 Å². The topological polar surface area (TPSA) is 194 Å². The van der Waals surface area contributed by atoms with Gasteiger partial charge in [-0.1, -0.05) is 18.2 Å². The number of aliphatic hydroxyl groups excluding tert-OH is 2. The molecule has 0 aliphatic carbocycles. The number of nitrogens with zero attached hydrogens (tertiary/aromatic N) is 3. The molecule has 0 saturated carbocycles. The molecule has 1 amide bonds. The molecule has 0 radical (unpaired) electrons. The largest absolute Gasteiger partial charge is 0.530 e. The van der Waals surface area contributed by atoms with E-state index in [2.05, 4.69) is 15.9 Å². The summed E-state index contributed by atoms with van der Waals surface area (Å²) >= 11 is 0. The number of ether oxygens (including phenoxy) is 1. The number of alkyl halides is 1. The lowest BCUT2D eigenvalue weighted by Gasteiger charge is -2.30. The molecule has 1 saturated heterocycles. The highest BCUT2D eigenvalue weighted by molar-refractivity contribution is 7.49. The van der Waals surface area contributed by atoms with Crippen LogP contribution in [-0.2, 0) is 30.7 Å². The van der Waals surface area contributed by atoms with E-state index in [0.29, 0.717) is 5.56 Å². The number of benzene rings is 1. The van der Waals surface area contributed by atoms with Gasteiger partial charge in [-0.25, -0.2) is 18.9 Å². The fourth-order valence-electron chi connectivity index (χ4n) is 4.08. The molecule has 0 spiro atoms. The van der Waals surface area contributed by atoms with E-state index in [9.17, 15) is 19.6 Å². The van der Waals surface area contributed by atoms with E-state index in [-0.39, 0.29) is 34.8 Å². The highest BCUT2D eigenvalue weighted by Crippen LogP contribution is 2.56. The van der Waals surface area contributed by atoms with Crippen LogP contribution in [0.1, 0.15) is 15.9 Å². The number of amides is 1. The zero-order valence-corrected chi connectivity index (χ0v) is 19.2. The molecule has 36 heavy (non-hydrogen) atoms. The zero-order valence-electron chi connectivity index (χ0n) is 18.3. The highest BCUT2D eigenvalue weighted by atomic mass is 31.2. The lowest BCUT2D eigenvalue weighted by molar-refractivity contribution is -0.223. The van der Waals surface area contributed by atoms with Crippen LogP contribution in [0.3, 0.4) is 0 Å². The van der Waals surface area contributed by atoms with E-state index in [1.807, 2.05) is 0 Å². The van der Waals surface area contributed by atoms with Crippen LogP contribution < -0.4 is 16.0 Å². The number of carbonyl (C=O) groups excluding carboxylic acids is 1. The normalized spacial score (nSPS) is 31.5. The van der Waals surface area contributed by atoms with Crippen molar-refractivity contribution in [2.45, 2.75) is 30.4 Å². The summed E-state index contributed by atoms with van der Waals surface area (Å²) in [6, 6.07) is 6.55. The summed E-state index contributed by atoms with van der Waals surface area (Å²) < 4.78 is 50.7. The van der Waals surface area contributed by atoms with Crippen molar-refractivity contribution in [1.82, 2.24) is 14.5 Å². The van der Waals surface area contributed by atoms with E-state index in [4.69, 9.17) is 36.2 Å². The Morgan fingerprint density at radius 1 is 1.36 bits per heavy atom. The number of hydrogen-bond acceptors (Lipinski definition) is 11. The van der Waals surface area contributed by atoms with Crippen molar-refractivity contribution in [3.63, 3.8) is 0 Å². The van der Waals surface area contributed by atoms with Gasteiger partial charge >= 0.3 is 7.82 Å². The third-order valence-electron chi connectivity index (χ3n) is 5.89. The quantitative estimate of drug-likeness (QED) is 0.272. The number of phosphoric acid groups is 1. The van der Waals surface area contributed by atoms with Crippen LogP contribution in [0, 0.1) is 12.3 Å². The number of nitrogen functional groups attached to an aromatic ring is 1. The van der Waals surface area contributed by atoms with Crippen LogP contribution in [0.5, 0.6) is 5.75 Å². The molecule has 1 aromatic carbocycles. The Bertz CT molecular complexity index is 1480. The number of aliphatic hydroxyl groups is 2. The van der Waals surface area contributed by atoms with E-state index in [1.54, 1.807) is 18.2 Å². The maximum Gasteiger partial charge on any atom is 0.530 e. The van der Waals surface area contributed by atoms with Crippen LogP contribution in [0.15, 0.2) is 36.8 Å². The number of para-hydroxylation sites is 1. The summed E-state index contributed by atoms with van der Waals surface area (Å²) in [5.41, 5.74) is 9.08. The fraction of sp³-hybridized carbons (Fsp3) is 0.286. The van der Waals surface area contributed by atoms with Gasteiger partial charge in [0.2, 0.25) is 5.72 Å². The summed E-state index contributed by atoms with van der Waals surface area (Å²) in [6.45, 7) is -1.35. The molecule has 5 atom stereocenters. The van der Waals surface area contributed by atoms with E-state index < -0.39 is 44.1 Å². The standard InChI is InChI=1S/C21H19FN5O8P/c1-2-21(27-7-12(18(24)30)14-17(23)25-10-26-19(14)27)16(29)15(28)20(22,35-21)9-33-36(31)32-8-11-5-3-4-6-13(11)34-36/h1,3-7,10,15-16,28-29H,8-9H2,(H2,24,30)(H2,23,25,26)/t15-,16+,20+,21+,36?/m0/s1. The summed E-state index contributed by atoms with van der Waals surface area (Å²) in [4.78, 5) is 19.8. The first-order chi connectivity index (χ1) is 17.0. The number of halogens is 1. The molecule has 2 aliphatic rings. The molecule has 15 heteroatoms. The Labute approximate surface area is 202 Å². The van der Waals surface area contributed by atoms with Gasteiger partial charge in [0, 0.05) is 11.8 Å². The Morgan fingerprint density at radius 3 is 2.83 bits per heavy atom. The van der Waals surface area contributed by atoms with E-state index in [1.165, 1.54) is 6.07 Å². The maximum absolute atomic E-state index is 15.9. The van der Waals surface area contributed by atoms with Crippen molar-refractivity contribution in [1.29, 1.82) is 0 Å². The molecule has 6 N–H and O–H groups in total. The van der Waals surface area contributed by atoms with Crippen molar-refractivity contribution >= 4 is 30.6 Å². The van der Waals surface area contributed by atoms with Crippen LogP contribution >= 0.6 is 7.82 Å². The average Bonchev–Trinajstić information content (AvgIpc) is 3.35. The lowest BCUT2D eigenvalue weighted by atomic mass is 10.0. The van der Waals surface area contributed by atoms with Crippen LogP contribution in [0.4, 0.5) is 10.2 Å². The first-order valence-corrected chi connectivity index (χ1v) is 11.8. The van der Waals surface area contributed by atoms with Crippen molar-refractivity contribution in [3.8, 4) is 18.1 Å². The predicted octanol–water partition coefficient (Wildman–Crippen LogP) is 0.550. The highest BCUT2D eigenvalue weighted by Gasteiger charge is 2.65. The number of fused-ring (bicyclic) bond motifs is 2. The third-order valence-corrected chi connectivity index (χ3v) is 7.20. The lowest BCUT2D eigenvalue weighted by Crippen LogP contribution is -2.45. The van der Waals surface area contributed by atoms with Crippen molar-refractivity contribution < 1.29 is 42.3 Å². The van der Waals surface area contributed by atoms with Crippen LogP contribution in [-0.4, -0.2) is 55.3 Å². The SMILES string of the molecule is C#C[C@@]1(n2cc(C(N)=O)c3c(N)ncnc32)O[C@](F)(COP2(=O)OCc3ccccc3O2)[C@@H](O)[C@H]1O. The minimum atomic E-state index is -4.33. The summed E-state index contributed by atoms with van der Waals surface area (Å²) in [7, 11) is -4.33. The van der Waals surface area contributed by atoms with Gasteiger partial charge in [-0.3, -0.25) is 18.4 Å². The number of aromatic nitrogens is 3. The van der Waals surface area contributed by atoms with Gasteiger partial charge in [-0.15, -0.1) is 6.42 Å². The van der Waals surface area contributed by atoms with Gasteiger partial charge in [0.1, 0.15) is 42.4 Å². The number of primary amides is 1. The monoisotopic (exact) mass is 519 g/mol. The summed E-state index contributed by atoms with van der Waals surface area (Å²) in [6.07, 6.45) is 3.28. The zero-order chi connectivity index (χ0) is 25.9. The van der Waals surface area contributed by atoms with Crippen LogP contribution in [0.25, 0.3) is 11.0 Å². The Balaban J connectivity index is 1.49. The van der Waals surface area contributed by atoms with E-state index in [0.717, 1.165) is 17.1 Å². The number of rotatable bonds is 5. The Kier molecular flexibility index (Phi) is 5.53. The molecule has 2 aromatic heterocycles.